The van der Waals surface area contributed by atoms with E-state index < -0.39 is 5.97 Å². The molecule has 0 aromatic carbocycles. The maximum Gasteiger partial charge on any atom is 0.358 e. The highest BCUT2D eigenvalue weighted by Crippen LogP contribution is 2.24. The van der Waals surface area contributed by atoms with Crippen molar-refractivity contribution >= 4 is 23.3 Å². The summed E-state index contributed by atoms with van der Waals surface area (Å²) in [5, 5.41) is 18.4. The van der Waals surface area contributed by atoms with Gasteiger partial charge in [-0.2, -0.15) is 0 Å². The molecule has 1 unspecified atom stereocenters. The van der Waals surface area contributed by atoms with Crippen molar-refractivity contribution in [2.24, 2.45) is 0 Å². The molecule has 3 heterocycles. The standard InChI is InChI=1S/C14H16N4O4S/c1-22-14(21)12-4-9(8-23-12)5-17-3-2-10(6-17)18-7-11(13(19)20)15-16-18/h4,7-8,10H,2-3,5-6H2,1H3,(H,19,20). The molecule has 9 heteroatoms. The third kappa shape index (κ3) is 3.40. The predicted molar refractivity (Wildman–Crippen MR) is 81.6 cm³/mol. The number of aromatic carboxylic acids is 1. The largest absolute Gasteiger partial charge is 0.476 e. The molecule has 1 N–H and O–H groups in total. The van der Waals surface area contributed by atoms with E-state index in [0.717, 1.165) is 31.6 Å². The zero-order chi connectivity index (χ0) is 16.4. The van der Waals surface area contributed by atoms with E-state index in [1.54, 1.807) is 4.68 Å². The number of ether oxygens (including phenoxy) is 1. The van der Waals surface area contributed by atoms with E-state index in [9.17, 15) is 9.59 Å². The van der Waals surface area contributed by atoms with Gasteiger partial charge in [-0.05, 0) is 23.4 Å². The summed E-state index contributed by atoms with van der Waals surface area (Å²) in [6.45, 7) is 2.40. The minimum atomic E-state index is -1.07. The average molecular weight is 336 g/mol. The van der Waals surface area contributed by atoms with Crippen LogP contribution in [0.4, 0.5) is 0 Å². The lowest BCUT2D eigenvalue weighted by Gasteiger charge is -2.14. The van der Waals surface area contributed by atoms with E-state index >= 15 is 0 Å². The van der Waals surface area contributed by atoms with Crippen LogP contribution in [0.5, 0.6) is 0 Å². The first-order valence-corrected chi connectivity index (χ1v) is 7.98. The molecule has 8 nitrogen and oxygen atoms in total. The molecule has 3 rings (SSSR count). The molecule has 1 fully saturated rings. The van der Waals surface area contributed by atoms with Gasteiger partial charge in [-0.25, -0.2) is 14.3 Å². The summed E-state index contributed by atoms with van der Waals surface area (Å²) in [6.07, 6.45) is 2.35. The number of carbonyl (C=O) groups excluding carboxylic acids is 1. The van der Waals surface area contributed by atoms with Gasteiger partial charge in [0.05, 0.1) is 19.3 Å². The highest BCUT2D eigenvalue weighted by Gasteiger charge is 2.26. The topological polar surface area (TPSA) is 97.5 Å². The molecule has 0 saturated carbocycles. The molecule has 1 aliphatic heterocycles. The van der Waals surface area contributed by atoms with Gasteiger partial charge in [-0.15, -0.1) is 16.4 Å². The van der Waals surface area contributed by atoms with E-state index in [4.69, 9.17) is 9.84 Å². The fourth-order valence-electron chi connectivity index (χ4n) is 2.65. The van der Waals surface area contributed by atoms with Gasteiger partial charge >= 0.3 is 11.9 Å². The second-order valence-corrected chi connectivity index (χ2v) is 6.29. The molecule has 0 spiro atoms. The molecular formula is C14H16N4O4S. The Kier molecular flexibility index (Phi) is 4.39. The lowest BCUT2D eigenvalue weighted by Crippen LogP contribution is -2.21. The van der Waals surface area contributed by atoms with Crippen LogP contribution < -0.4 is 0 Å². The minimum absolute atomic E-state index is 0.0380. The molecule has 23 heavy (non-hydrogen) atoms. The first-order chi connectivity index (χ1) is 11.1. The minimum Gasteiger partial charge on any atom is -0.476 e. The number of thiophene rings is 1. The number of methoxy groups -OCH3 is 1. The molecule has 0 amide bonds. The monoisotopic (exact) mass is 336 g/mol. The molecular weight excluding hydrogens is 320 g/mol. The van der Waals surface area contributed by atoms with Gasteiger partial charge in [0, 0.05) is 19.6 Å². The summed E-state index contributed by atoms with van der Waals surface area (Å²) in [6, 6.07) is 1.97. The Hall–Kier alpha value is -2.26. The van der Waals surface area contributed by atoms with E-state index in [2.05, 4.69) is 15.2 Å². The third-order valence-corrected chi connectivity index (χ3v) is 4.76. The maximum absolute atomic E-state index is 11.5. The van der Waals surface area contributed by atoms with Gasteiger partial charge in [-0.1, -0.05) is 5.21 Å². The van der Waals surface area contributed by atoms with Crippen LogP contribution in [0.2, 0.25) is 0 Å². The summed E-state index contributed by atoms with van der Waals surface area (Å²) in [4.78, 5) is 25.2. The summed E-state index contributed by atoms with van der Waals surface area (Å²) < 4.78 is 6.33. The normalized spacial score (nSPS) is 18.2. The second-order valence-electron chi connectivity index (χ2n) is 5.38. The fraction of sp³-hybridized carbons (Fsp3) is 0.429. The highest BCUT2D eigenvalue weighted by molar-refractivity contribution is 7.12. The van der Waals surface area contributed by atoms with Crippen LogP contribution in [-0.4, -0.2) is 57.1 Å². The lowest BCUT2D eigenvalue weighted by molar-refractivity contribution is 0.0605. The predicted octanol–water partition coefficient (Wildman–Crippen LogP) is 1.27. The molecule has 2 aromatic rings. The van der Waals surface area contributed by atoms with Crippen molar-refractivity contribution in [1.82, 2.24) is 19.9 Å². The number of likely N-dealkylation sites (tertiary alicyclic amines) is 1. The van der Waals surface area contributed by atoms with Crippen LogP contribution in [0.1, 0.15) is 38.2 Å². The quantitative estimate of drug-likeness (QED) is 0.821. The van der Waals surface area contributed by atoms with Gasteiger partial charge in [0.1, 0.15) is 4.88 Å². The zero-order valence-electron chi connectivity index (χ0n) is 12.5. The Morgan fingerprint density at radius 2 is 2.35 bits per heavy atom. The Balaban J connectivity index is 1.60. The molecule has 0 bridgehead atoms. The number of esters is 1. The van der Waals surface area contributed by atoms with Gasteiger partial charge in [0.15, 0.2) is 5.69 Å². The Bertz CT molecular complexity index is 726. The number of carbonyl (C=O) groups is 2. The van der Waals surface area contributed by atoms with Crippen LogP contribution in [0.15, 0.2) is 17.6 Å². The van der Waals surface area contributed by atoms with Crippen molar-refractivity contribution in [1.29, 1.82) is 0 Å². The number of hydrogen-bond donors (Lipinski definition) is 1. The molecule has 2 aromatic heterocycles. The summed E-state index contributed by atoms with van der Waals surface area (Å²) in [5.41, 5.74) is 1.03. The molecule has 1 saturated heterocycles. The first kappa shape index (κ1) is 15.6. The SMILES string of the molecule is COC(=O)c1cc(CN2CCC(n3cc(C(=O)O)nn3)C2)cs1. The van der Waals surface area contributed by atoms with Crippen LogP contribution in [0.3, 0.4) is 0 Å². The van der Waals surface area contributed by atoms with Crippen molar-refractivity contribution in [3.63, 3.8) is 0 Å². The average Bonchev–Trinajstić information content (AvgIpc) is 3.26. The molecule has 1 aliphatic rings. The van der Waals surface area contributed by atoms with E-state index in [1.165, 1.54) is 24.6 Å². The zero-order valence-corrected chi connectivity index (χ0v) is 13.3. The van der Waals surface area contributed by atoms with Crippen molar-refractivity contribution < 1.29 is 19.4 Å². The summed E-state index contributed by atoms with van der Waals surface area (Å²) in [5.74, 6) is -1.39. The van der Waals surface area contributed by atoms with Gasteiger partial charge in [0.2, 0.25) is 0 Å². The van der Waals surface area contributed by atoms with Gasteiger partial charge < -0.3 is 9.84 Å². The van der Waals surface area contributed by atoms with E-state index in [-0.39, 0.29) is 17.7 Å². The number of nitrogens with zero attached hydrogens (tertiary/aromatic N) is 4. The van der Waals surface area contributed by atoms with Crippen molar-refractivity contribution in [3.8, 4) is 0 Å². The summed E-state index contributed by atoms with van der Waals surface area (Å²) in [7, 11) is 1.37. The molecule has 0 radical (unpaired) electrons. The number of carboxylic acid groups (broad SMARTS) is 1. The van der Waals surface area contributed by atoms with Crippen molar-refractivity contribution in [3.05, 3.63) is 33.8 Å². The van der Waals surface area contributed by atoms with E-state index in [1.807, 2.05) is 11.4 Å². The Labute approximate surface area is 136 Å². The number of aromatic nitrogens is 3. The van der Waals surface area contributed by atoms with E-state index in [0.29, 0.717) is 4.88 Å². The van der Waals surface area contributed by atoms with Crippen molar-refractivity contribution in [2.75, 3.05) is 20.2 Å². The Morgan fingerprint density at radius 1 is 1.52 bits per heavy atom. The third-order valence-electron chi connectivity index (χ3n) is 3.80. The maximum atomic E-state index is 11.5. The molecule has 1 atom stereocenters. The molecule has 122 valence electrons. The Morgan fingerprint density at radius 3 is 3.04 bits per heavy atom. The van der Waals surface area contributed by atoms with Crippen LogP contribution in [0.25, 0.3) is 0 Å². The number of hydrogen-bond acceptors (Lipinski definition) is 7. The second kappa shape index (κ2) is 6.47. The van der Waals surface area contributed by atoms with Crippen molar-refractivity contribution in [2.45, 2.75) is 19.0 Å². The smallest absolute Gasteiger partial charge is 0.358 e. The molecule has 0 aliphatic carbocycles. The lowest BCUT2D eigenvalue weighted by atomic mass is 10.3. The fourth-order valence-corrected chi connectivity index (χ4v) is 3.47. The van der Waals surface area contributed by atoms with Crippen LogP contribution in [-0.2, 0) is 11.3 Å². The number of rotatable bonds is 5. The van der Waals surface area contributed by atoms with Crippen LogP contribution in [0, 0.1) is 0 Å². The highest BCUT2D eigenvalue weighted by atomic mass is 32.1. The van der Waals surface area contributed by atoms with Gasteiger partial charge in [0.25, 0.3) is 0 Å². The number of carboxylic acids is 1. The van der Waals surface area contributed by atoms with Gasteiger partial charge in [-0.3, -0.25) is 4.90 Å². The first-order valence-electron chi connectivity index (χ1n) is 7.10. The van der Waals surface area contributed by atoms with Crippen LogP contribution >= 0.6 is 11.3 Å². The summed E-state index contributed by atoms with van der Waals surface area (Å²) >= 11 is 1.38.